The third-order valence-corrected chi connectivity index (χ3v) is 4.82. The highest BCUT2D eigenvalue weighted by Crippen LogP contribution is 2.22. The van der Waals surface area contributed by atoms with Gasteiger partial charge in [0.15, 0.2) is 0 Å². The second-order valence-corrected chi connectivity index (χ2v) is 6.50. The van der Waals surface area contributed by atoms with Crippen LogP contribution in [0.3, 0.4) is 0 Å². The predicted octanol–water partition coefficient (Wildman–Crippen LogP) is 2.33. The summed E-state index contributed by atoms with van der Waals surface area (Å²) in [7, 11) is 0. The van der Waals surface area contributed by atoms with Gasteiger partial charge in [0.05, 0.1) is 0 Å². The molecule has 2 atom stereocenters. The topological polar surface area (TPSA) is 41.5 Å². The lowest BCUT2D eigenvalue weighted by Gasteiger charge is -2.15. The molecule has 20 heavy (non-hydrogen) atoms. The van der Waals surface area contributed by atoms with Crippen LogP contribution < -0.4 is 10.1 Å². The molecule has 0 amide bonds. The van der Waals surface area contributed by atoms with E-state index >= 15 is 0 Å². The van der Waals surface area contributed by atoms with Crippen molar-refractivity contribution in [2.45, 2.75) is 25.9 Å². The summed E-state index contributed by atoms with van der Waals surface area (Å²) >= 11 is 2.02. The molecule has 2 unspecified atom stereocenters. The lowest BCUT2D eigenvalue weighted by Crippen LogP contribution is -2.34. The second kappa shape index (κ2) is 8.55. The highest BCUT2D eigenvalue weighted by Gasteiger charge is 2.15. The van der Waals surface area contributed by atoms with Crippen molar-refractivity contribution in [1.82, 2.24) is 5.32 Å². The van der Waals surface area contributed by atoms with Crippen molar-refractivity contribution in [3.8, 4) is 5.75 Å². The fourth-order valence-electron chi connectivity index (χ4n) is 2.30. The molecule has 0 saturated carbocycles. The van der Waals surface area contributed by atoms with Crippen molar-refractivity contribution in [1.29, 1.82) is 0 Å². The number of hydrogen-bond acceptors (Lipinski definition) is 4. The van der Waals surface area contributed by atoms with Crippen LogP contribution >= 0.6 is 11.8 Å². The maximum atomic E-state index is 9.92. The van der Waals surface area contributed by atoms with Crippen LogP contribution in [0.15, 0.2) is 24.3 Å². The molecule has 0 aliphatic carbocycles. The minimum absolute atomic E-state index is 0.347. The number of ether oxygens (including phenoxy) is 1. The van der Waals surface area contributed by atoms with Gasteiger partial charge in [-0.3, -0.25) is 0 Å². The van der Waals surface area contributed by atoms with Crippen molar-refractivity contribution < 1.29 is 9.84 Å². The Balaban J connectivity index is 1.62. The summed E-state index contributed by atoms with van der Waals surface area (Å²) in [6.45, 7) is 4.09. The maximum Gasteiger partial charge on any atom is 0.119 e. The van der Waals surface area contributed by atoms with Crippen molar-refractivity contribution in [3.63, 3.8) is 0 Å². The van der Waals surface area contributed by atoms with Gasteiger partial charge < -0.3 is 15.2 Å². The molecule has 1 aromatic rings. The number of aliphatic hydroxyl groups is 1. The van der Waals surface area contributed by atoms with E-state index in [1.807, 2.05) is 30.0 Å². The first-order valence-electron chi connectivity index (χ1n) is 7.46. The second-order valence-electron chi connectivity index (χ2n) is 5.35. The Hall–Kier alpha value is -0.710. The van der Waals surface area contributed by atoms with Crippen LogP contribution in [-0.2, 0) is 6.42 Å². The molecule has 1 fully saturated rings. The molecule has 4 heteroatoms. The zero-order valence-corrected chi connectivity index (χ0v) is 13.0. The molecule has 0 radical (unpaired) electrons. The molecule has 2 N–H and O–H groups in total. The molecule has 1 heterocycles. The van der Waals surface area contributed by atoms with Crippen LogP contribution in [0.5, 0.6) is 5.75 Å². The number of aliphatic hydroxyl groups excluding tert-OH is 1. The predicted molar refractivity (Wildman–Crippen MR) is 85.6 cm³/mol. The number of aryl methyl sites for hydroxylation is 1. The zero-order chi connectivity index (χ0) is 14.2. The highest BCUT2D eigenvalue weighted by atomic mass is 32.2. The molecule has 0 bridgehead atoms. The Morgan fingerprint density at radius 2 is 2.40 bits per heavy atom. The largest absolute Gasteiger partial charge is 0.491 e. The Bertz CT molecular complexity index is 394. The molecule has 1 saturated heterocycles. The van der Waals surface area contributed by atoms with Gasteiger partial charge in [0.25, 0.3) is 0 Å². The molecule has 1 aromatic carbocycles. The van der Waals surface area contributed by atoms with E-state index in [1.54, 1.807) is 0 Å². The fourth-order valence-corrected chi connectivity index (χ4v) is 3.59. The first-order valence-corrected chi connectivity index (χ1v) is 8.61. The first kappa shape index (κ1) is 15.7. The van der Waals surface area contributed by atoms with Crippen LogP contribution in [0.25, 0.3) is 0 Å². The van der Waals surface area contributed by atoms with Crippen LogP contribution in [0.2, 0.25) is 0 Å². The number of benzene rings is 1. The molecular weight excluding hydrogens is 270 g/mol. The van der Waals surface area contributed by atoms with Crippen molar-refractivity contribution in [3.05, 3.63) is 29.8 Å². The van der Waals surface area contributed by atoms with Crippen LogP contribution in [0, 0.1) is 5.92 Å². The van der Waals surface area contributed by atoms with E-state index < -0.39 is 6.10 Å². The van der Waals surface area contributed by atoms with Gasteiger partial charge in [0.1, 0.15) is 18.5 Å². The summed E-state index contributed by atoms with van der Waals surface area (Å²) in [5.41, 5.74) is 1.26. The van der Waals surface area contributed by atoms with Gasteiger partial charge in [-0.05, 0) is 54.5 Å². The monoisotopic (exact) mass is 295 g/mol. The molecular formula is C16H25NO2S. The quantitative estimate of drug-likeness (QED) is 0.772. The van der Waals surface area contributed by atoms with E-state index in [9.17, 15) is 5.11 Å². The summed E-state index contributed by atoms with van der Waals surface area (Å²) in [6, 6.07) is 8.06. The Kier molecular flexibility index (Phi) is 6.70. The fraction of sp³-hybridized carbons (Fsp3) is 0.625. The van der Waals surface area contributed by atoms with Gasteiger partial charge in [-0.1, -0.05) is 19.1 Å². The van der Waals surface area contributed by atoms with Crippen LogP contribution in [-0.4, -0.2) is 42.4 Å². The average Bonchev–Trinajstić information content (AvgIpc) is 2.98. The van der Waals surface area contributed by atoms with Gasteiger partial charge in [-0.15, -0.1) is 0 Å². The van der Waals surface area contributed by atoms with Gasteiger partial charge in [-0.2, -0.15) is 11.8 Å². The summed E-state index contributed by atoms with van der Waals surface area (Å²) in [6.07, 6.45) is 1.85. The standard InChI is InChI=1S/C16H25NO2S/c1-2-13-4-3-5-16(8-13)19-11-15(18)10-17-9-14-6-7-20-12-14/h3-5,8,14-15,17-18H,2,6-7,9-12H2,1H3. The number of rotatable bonds is 8. The van der Waals surface area contributed by atoms with Gasteiger partial charge in [-0.25, -0.2) is 0 Å². The normalized spacial score (nSPS) is 20.0. The van der Waals surface area contributed by atoms with Gasteiger partial charge in [0.2, 0.25) is 0 Å². The summed E-state index contributed by atoms with van der Waals surface area (Å²) in [5, 5.41) is 13.3. The summed E-state index contributed by atoms with van der Waals surface area (Å²) < 4.78 is 5.64. The minimum Gasteiger partial charge on any atom is -0.491 e. The molecule has 0 aromatic heterocycles. The Labute approximate surface area is 126 Å². The van der Waals surface area contributed by atoms with Crippen molar-refractivity contribution in [2.24, 2.45) is 5.92 Å². The number of thioether (sulfide) groups is 1. The number of nitrogens with one attached hydrogen (secondary N) is 1. The Morgan fingerprint density at radius 3 is 3.15 bits per heavy atom. The van der Waals surface area contributed by atoms with Crippen molar-refractivity contribution >= 4 is 11.8 Å². The molecule has 1 aliphatic rings. The first-order chi connectivity index (χ1) is 9.78. The number of hydrogen-bond donors (Lipinski definition) is 2. The molecule has 3 nitrogen and oxygen atoms in total. The lowest BCUT2D eigenvalue weighted by molar-refractivity contribution is 0.105. The minimum atomic E-state index is -0.450. The smallest absolute Gasteiger partial charge is 0.119 e. The van der Waals surface area contributed by atoms with E-state index in [1.165, 1.54) is 23.5 Å². The zero-order valence-electron chi connectivity index (χ0n) is 12.2. The molecule has 2 rings (SSSR count). The average molecular weight is 295 g/mol. The van der Waals surface area contributed by atoms with E-state index in [0.717, 1.165) is 24.6 Å². The molecule has 112 valence electrons. The lowest BCUT2D eigenvalue weighted by atomic mass is 10.1. The van der Waals surface area contributed by atoms with Crippen molar-refractivity contribution in [2.75, 3.05) is 31.2 Å². The van der Waals surface area contributed by atoms with Crippen LogP contribution in [0.4, 0.5) is 0 Å². The summed E-state index contributed by atoms with van der Waals surface area (Å²) in [5.74, 6) is 4.15. The van der Waals surface area contributed by atoms with Gasteiger partial charge >= 0.3 is 0 Å². The van der Waals surface area contributed by atoms with E-state index in [4.69, 9.17) is 4.74 Å². The van der Waals surface area contributed by atoms with E-state index in [2.05, 4.69) is 18.3 Å². The third kappa shape index (κ3) is 5.35. The maximum absolute atomic E-state index is 9.92. The third-order valence-electron chi connectivity index (χ3n) is 3.59. The molecule has 1 aliphatic heterocycles. The van der Waals surface area contributed by atoms with E-state index in [-0.39, 0.29) is 0 Å². The highest BCUT2D eigenvalue weighted by molar-refractivity contribution is 7.99. The summed E-state index contributed by atoms with van der Waals surface area (Å²) in [4.78, 5) is 0. The Morgan fingerprint density at radius 1 is 1.50 bits per heavy atom. The van der Waals surface area contributed by atoms with Crippen LogP contribution in [0.1, 0.15) is 18.9 Å². The molecule has 0 spiro atoms. The van der Waals surface area contributed by atoms with Gasteiger partial charge in [0, 0.05) is 6.54 Å². The SMILES string of the molecule is CCc1cccc(OCC(O)CNCC2CCSC2)c1. The van der Waals surface area contributed by atoms with E-state index in [0.29, 0.717) is 13.2 Å².